The third kappa shape index (κ3) is 5.90. The molecule has 11 nitrogen and oxygen atoms in total. The first-order valence-electron chi connectivity index (χ1n) is 15.2. The highest BCUT2D eigenvalue weighted by Crippen LogP contribution is 2.47. The Labute approximate surface area is 266 Å². The fourth-order valence-electron chi connectivity index (χ4n) is 6.85. The van der Waals surface area contributed by atoms with Crippen LogP contribution in [0, 0.1) is 0 Å². The minimum Gasteiger partial charge on any atom is -0.504 e. The minimum atomic E-state index is -2.89. The Morgan fingerprint density at radius 1 is 1.09 bits per heavy atom. The summed E-state index contributed by atoms with van der Waals surface area (Å²) in [5, 5.41) is 23.1. The molecule has 3 aliphatic heterocycles. The Bertz CT molecular complexity index is 1650. The average molecular weight is 657 g/mol. The van der Waals surface area contributed by atoms with Gasteiger partial charge < -0.3 is 29.6 Å². The first kappa shape index (κ1) is 31.4. The van der Waals surface area contributed by atoms with Crippen LogP contribution in [0.1, 0.15) is 60.4 Å². The van der Waals surface area contributed by atoms with E-state index in [-0.39, 0.29) is 47.4 Å². The summed E-state index contributed by atoms with van der Waals surface area (Å²) >= 11 is 6.32. The third-order valence-electron chi connectivity index (χ3n) is 9.07. The van der Waals surface area contributed by atoms with Crippen LogP contribution in [0.2, 0.25) is 0 Å². The van der Waals surface area contributed by atoms with Crippen molar-refractivity contribution in [2.45, 2.75) is 56.7 Å². The zero-order valence-electron chi connectivity index (χ0n) is 24.9. The number of phenols is 1. The first-order valence-corrected chi connectivity index (χ1v) is 16.8. The SMILES string of the molecule is CN1c2cc(OCCCCCC(=O)N3C[C@@H](CCl)c4c3cc(O[P+](=O)O)c3ccccc43)c(O)cc2C(=O)N2CCC[C@H]2C1O. The molecule has 0 aliphatic carbocycles. The van der Waals surface area contributed by atoms with Crippen molar-refractivity contribution >= 4 is 53.8 Å². The van der Waals surface area contributed by atoms with Gasteiger partial charge in [0.25, 0.3) is 5.91 Å². The largest absolute Gasteiger partial charge is 0.747 e. The van der Waals surface area contributed by atoms with Gasteiger partial charge in [0.05, 0.1) is 29.6 Å². The molecule has 45 heavy (non-hydrogen) atoms. The van der Waals surface area contributed by atoms with Crippen LogP contribution < -0.4 is 19.1 Å². The number of hydrogen-bond acceptors (Lipinski definition) is 8. The highest BCUT2D eigenvalue weighted by atomic mass is 35.5. The van der Waals surface area contributed by atoms with Crippen LogP contribution in [0.3, 0.4) is 0 Å². The number of ether oxygens (including phenoxy) is 1. The monoisotopic (exact) mass is 656 g/mol. The second kappa shape index (κ2) is 13.0. The van der Waals surface area contributed by atoms with Crippen molar-refractivity contribution in [1.82, 2.24) is 4.90 Å². The number of rotatable bonds is 10. The van der Waals surface area contributed by atoms with E-state index in [4.69, 9.17) is 20.9 Å². The molecule has 2 amide bonds. The molecular formula is C32H36ClN3O8P+. The van der Waals surface area contributed by atoms with Gasteiger partial charge in [0.1, 0.15) is 6.23 Å². The lowest BCUT2D eigenvalue weighted by Gasteiger charge is -2.31. The van der Waals surface area contributed by atoms with Gasteiger partial charge in [-0.1, -0.05) is 24.3 Å². The van der Waals surface area contributed by atoms with E-state index in [1.807, 2.05) is 24.3 Å². The lowest BCUT2D eigenvalue weighted by atomic mass is 9.95. The molecule has 1 saturated heterocycles. The summed E-state index contributed by atoms with van der Waals surface area (Å²) in [5.41, 5.74) is 2.42. The average Bonchev–Trinajstić information content (AvgIpc) is 3.66. The fourth-order valence-corrected chi connectivity index (χ4v) is 7.42. The molecule has 0 saturated carbocycles. The molecule has 0 radical (unpaired) electrons. The molecule has 0 spiro atoms. The van der Waals surface area contributed by atoms with Gasteiger partial charge in [-0.15, -0.1) is 16.5 Å². The zero-order valence-corrected chi connectivity index (χ0v) is 26.5. The highest BCUT2D eigenvalue weighted by molar-refractivity contribution is 7.32. The Hall–Kier alpha value is -3.63. The van der Waals surface area contributed by atoms with E-state index in [1.165, 1.54) is 6.07 Å². The maximum absolute atomic E-state index is 13.4. The third-order valence-corrected chi connectivity index (χ3v) is 9.80. The molecule has 3 aromatic rings. The number of likely N-dealkylation sites (N-methyl/N-ethyl adjacent to an activating group) is 1. The van der Waals surface area contributed by atoms with E-state index < -0.39 is 14.5 Å². The number of fused-ring (bicyclic) bond motifs is 5. The molecule has 1 fully saturated rings. The lowest BCUT2D eigenvalue weighted by molar-refractivity contribution is -0.118. The number of unbranched alkanes of at least 4 members (excludes halogenated alkanes) is 2. The summed E-state index contributed by atoms with van der Waals surface area (Å²) in [5.74, 6) is 0.293. The summed E-state index contributed by atoms with van der Waals surface area (Å²) in [6.45, 7) is 1.29. The topological polar surface area (TPSA) is 140 Å². The Balaban J connectivity index is 1.07. The quantitative estimate of drug-likeness (QED) is 0.152. The van der Waals surface area contributed by atoms with Gasteiger partial charge in [-0.2, -0.15) is 0 Å². The van der Waals surface area contributed by atoms with Gasteiger partial charge >= 0.3 is 8.25 Å². The van der Waals surface area contributed by atoms with Gasteiger partial charge in [0.15, 0.2) is 17.2 Å². The molecule has 2 unspecified atom stereocenters. The molecule has 0 aromatic heterocycles. The second-order valence-corrected chi connectivity index (χ2v) is 12.7. The Morgan fingerprint density at radius 2 is 1.84 bits per heavy atom. The van der Waals surface area contributed by atoms with Crippen LogP contribution in [-0.2, 0) is 9.36 Å². The number of aliphatic hydroxyl groups is 1. The molecule has 3 aromatic carbocycles. The Kier molecular flexibility index (Phi) is 9.06. The van der Waals surface area contributed by atoms with Crippen molar-refractivity contribution < 1.29 is 38.5 Å². The van der Waals surface area contributed by atoms with Gasteiger partial charge in [0, 0.05) is 60.4 Å². The maximum atomic E-state index is 13.4. The number of benzene rings is 3. The van der Waals surface area contributed by atoms with E-state index >= 15 is 0 Å². The predicted octanol–water partition coefficient (Wildman–Crippen LogP) is 5.26. The normalized spacial score (nSPS) is 21.0. The summed E-state index contributed by atoms with van der Waals surface area (Å²) in [7, 11) is -1.15. The highest BCUT2D eigenvalue weighted by Gasteiger charge is 2.41. The number of phenolic OH excluding ortho intramolecular Hbond substituents is 1. The number of anilines is 2. The van der Waals surface area contributed by atoms with Gasteiger partial charge in [-0.3, -0.25) is 9.59 Å². The van der Waals surface area contributed by atoms with Crippen LogP contribution in [0.15, 0.2) is 42.5 Å². The zero-order chi connectivity index (χ0) is 31.8. The summed E-state index contributed by atoms with van der Waals surface area (Å²) in [6.07, 6.45) is 2.92. The van der Waals surface area contributed by atoms with Crippen molar-refractivity contribution in [3.63, 3.8) is 0 Å². The van der Waals surface area contributed by atoms with E-state index in [0.717, 1.165) is 23.8 Å². The molecule has 13 heteroatoms. The van der Waals surface area contributed by atoms with Crippen molar-refractivity contribution in [2.24, 2.45) is 0 Å². The summed E-state index contributed by atoms with van der Waals surface area (Å²) < 4.78 is 22.6. The van der Waals surface area contributed by atoms with Crippen molar-refractivity contribution in [2.75, 3.05) is 42.4 Å². The van der Waals surface area contributed by atoms with Gasteiger partial charge in [-0.25, -0.2) is 4.52 Å². The van der Waals surface area contributed by atoms with Crippen LogP contribution in [0.25, 0.3) is 10.8 Å². The standard InChI is InChI=1S/C32H35ClN3O8P/c1-34-24-15-28(26(37)14-22(24)31(39)35-12-7-10-23(35)32(34)40)43-13-6-2-3-11-29(38)36-18-19(17-33)30-21-9-5-4-8-20(21)27(16-25(30)36)44-45(41)42/h4-5,8-9,14-16,19,23,32,40H,2-3,6-7,10-13,17-18H2,1H3,(H-,37,41,42)/p+1/t19-,23+,32?/m1/s1. The molecule has 3 N–H and O–H groups in total. The number of halogens is 1. The molecule has 3 heterocycles. The summed E-state index contributed by atoms with van der Waals surface area (Å²) in [6, 6.07) is 11.8. The van der Waals surface area contributed by atoms with E-state index in [1.54, 1.807) is 33.9 Å². The van der Waals surface area contributed by atoms with Gasteiger partial charge in [-0.05, 0) is 49.1 Å². The number of alkyl halides is 1. The van der Waals surface area contributed by atoms with Crippen molar-refractivity contribution in [3.8, 4) is 17.2 Å². The first-order chi connectivity index (χ1) is 21.7. The smallest absolute Gasteiger partial charge is 0.504 e. The van der Waals surface area contributed by atoms with Crippen LogP contribution >= 0.6 is 19.9 Å². The fraction of sp³-hybridized carbons (Fsp3) is 0.438. The number of amides is 2. The number of aromatic hydroxyl groups is 1. The van der Waals surface area contributed by atoms with Crippen molar-refractivity contribution in [1.29, 1.82) is 0 Å². The van der Waals surface area contributed by atoms with E-state index in [0.29, 0.717) is 67.2 Å². The maximum Gasteiger partial charge on any atom is 0.747 e. The van der Waals surface area contributed by atoms with E-state index in [9.17, 15) is 29.3 Å². The van der Waals surface area contributed by atoms with Crippen LogP contribution in [-0.4, -0.2) is 76.7 Å². The summed E-state index contributed by atoms with van der Waals surface area (Å²) in [4.78, 5) is 41.0. The molecule has 4 atom stereocenters. The number of nitrogens with zero attached hydrogens (tertiary/aromatic N) is 3. The molecule has 238 valence electrons. The van der Waals surface area contributed by atoms with Crippen molar-refractivity contribution in [3.05, 3.63) is 53.6 Å². The minimum absolute atomic E-state index is 0.0745. The second-order valence-electron chi connectivity index (χ2n) is 11.8. The molecule has 6 rings (SSSR count). The number of hydrogen-bond donors (Lipinski definition) is 3. The van der Waals surface area contributed by atoms with Crippen LogP contribution in [0.4, 0.5) is 11.4 Å². The predicted molar refractivity (Wildman–Crippen MR) is 171 cm³/mol. The van der Waals surface area contributed by atoms with Gasteiger partial charge in [0.2, 0.25) is 5.91 Å². The molecular weight excluding hydrogens is 621 g/mol. The number of carbonyl (C=O) groups excluding carboxylic acids is 2. The van der Waals surface area contributed by atoms with Crippen LogP contribution in [0.5, 0.6) is 17.2 Å². The van der Waals surface area contributed by atoms with E-state index in [2.05, 4.69) is 0 Å². The molecule has 0 bridgehead atoms. The number of aliphatic hydroxyl groups excluding tert-OH is 1. The lowest BCUT2D eigenvalue weighted by Crippen LogP contribution is -2.47. The molecule has 3 aliphatic rings. The Morgan fingerprint density at radius 3 is 2.60 bits per heavy atom. The number of carbonyl (C=O) groups is 2.